The maximum absolute atomic E-state index is 13.1. The van der Waals surface area contributed by atoms with E-state index < -0.39 is 19.2 Å². The van der Waals surface area contributed by atoms with Crippen LogP contribution in [-0.2, 0) is 15.7 Å². The second-order valence-electron chi connectivity index (χ2n) is 8.72. The largest absolute Gasteiger partial charge is 0.482 e. The maximum Gasteiger partial charge on any atom is 0.482 e. The minimum absolute atomic E-state index is 0.00409. The molecule has 0 spiro atoms. The van der Waals surface area contributed by atoms with Crippen LogP contribution in [0.3, 0.4) is 0 Å². The van der Waals surface area contributed by atoms with E-state index in [0.29, 0.717) is 18.3 Å². The monoisotopic (exact) mass is 361 g/mol. The normalized spacial score (nSPS) is 35.4. The lowest BCUT2D eigenvalue weighted by atomic mass is 9.43. The van der Waals surface area contributed by atoms with Crippen LogP contribution in [0, 0.1) is 23.1 Å². The number of hydrogen-bond acceptors (Lipinski definition) is 3. The number of benzene rings is 1. The highest BCUT2D eigenvalue weighted by Gasteiger charge is 2.68. The molecule has 5 atom stereocenters. The molecule has 1 aromatic carbocycles. The Morgan fingerprint density at radius 3 is 2.65 bits per heavy atom. The van der Waals surface area contributed by atoms with Gasteiger partial charge in [-0.2, -0.15) is 0 Å². The fraction of sp³-hybridized carbons (Fsp3) is 0.632. The van der Waals surface area contributed by atoms with E-state index >= 15 is 0 Å². The highest BCUT2D eigenvalue weighted by atomic mass is 19.1. The molecule has 1 heterocycles. The van der Waals surface area contributed by atoms with Crippen molar-refractivity contribution >= 4 is 13.2 Å². The molecule has 1 aliphatic heterocycles. The zero-order chi connectivity index (χ0) is 18.7. The van der Waals surface area contributed by atoms with Gasteiger partial charge in [-0.25, -0.2) is 9.18 Å². The van der Waals surface area contributed by atoms with Gasteiger partial charge in [-0.3, -0.25) is 0 Å². The molecule has 1 amide bonds. The van der Waals surface area contributed by atoms with Crippen LogP contribution < -0.4 is 5.32 Å². The van der Waals surface area contributed by atoms with Crippen molar-refractivity contribution in [3.8, 4) is 0 Å². The Kier molecular flexibility index (Phi) is 4.08. The van der Waals surface area contributed by atoms with Crippen molar-refractivity contribution < 1.29 is 23.6 Å². The van der Waals surface area contributed by atoms with Crippen molar-refractivity contribution in [2.24, 2.45) is 17.3 Å². The first kappa shape index (κ1) is 17.8. The molecule has 3 saturated carbocycles. The topological polar surface area (TPSA) is 67.8 Å². The summed E-state index contributed by atoms with van der Waals surface area (Å²) in [7, 11) is -0.638. The summed E-state index contributed by atoms with van der Waals surface area (Å²) in [6, 6.07) is 6.08. The van der Waals surface area contributed by atoms with Gasteiger partial charge in [0.1, 0.15) is 5.82 Å². The smallest absolute Gasteiger partial charge is 0.465 e. The highest BCUT2D eigenvalue weighted by Crippen LogP contribution is 2.65. The third-order valence-corrected chi connectivity index (χ3v) is 6.98. The van der Waals surface area contributed by atoms with Crippen molar-refractivity contribution in [3.05, 3.63) is 35.6 Å². The number of nitrogens with one attached hydrogen (secondary N) is 1. The van der Waals surface area contributed by atoms with Gasteiger partial charge in [0.15, 0.2) is 0 Å². The van der Waals surface area contributed by atoms with Crippen LogP contribution in [0.1, 0.15) is 39.2 Å². The van der Waals surface area contributed by atoms with Crippen LogP contribution >= 0.6 is 0 Å². The fourth-order valence-electron chi connectivity index (χ4n) is 5.32. The van der Waals surface area contributed by atoms with E-state index in [0.717, 1.165) is 18.4 Å². The molecule has 0 unspecified atom stereocenters. The summed E-state index contributed by atoms with van der Waals surface area (Å²) in [5, 5.41) is 11.8. The Labute approximate surface area is 153 Å². The third kappa shape index (κ3) is 2.72. The molecular formula is C19H25BFNO4. The summed E-state index contributed by atoms with van der Waals surface area (Å²) < 4.78 is 25.7. The number of amides is 1. The molecule has 5 rings (SSSR count). The molecule has 2 N–H and O–H groups in total. The minimum atomic E-state index is -1.12. The molecule has 0 aromatic heterocycles. The molecule has 140 valence electrons. The molecule has 1 saturated heterocycles. The van der Waals surface area contributed by atoms with Gasteiger partial charge in [0.2, 0.25) is 0 Å². The van der Waals surface area contributed by atoms with E-state index in [1.807, 2.05) is 0 Å². The molecule has 2 bridgehead atoms. The fourth-order valence-corrected chi connectivity index (χ4v) is 5.32. The summed E-state index contributed by atoms with van der Waals surface area (Å²) in [4.78, 5) is 11.3. The predicted molar refractivity (Wildman–Crippen MR) is 95.2 cm³/mol. The van der Waals surface area contributed by atoms with E-state index in [1.165, 1.54) is 12.1 Å². The van der Waals surface area contributed by atoms with Crippen LogP contribution in [0.2, 0.25) is 0 Å². The third-order valence-electron chi connectivity index (χ3n) is 6.98. The Hall–Kier alpha value is -1.60. The van der Waals surface area contributed by atoms with Crippen LogP contribution in [0.15, 0.2) is 24.3 Å². The van der Waals surface area contributed by atoms with E-state index in [4.69, 9.17) is 9.31 Å². The van der Waals surface area contributed by atoms with Crippen molar-refractivity contribution in [1.82, 2.24) is 5.32 Å². The van der Waals surface area contributed by atoms with Gasteiger partial charge in [-0.1, -0.05) is 26.0 Å². The van der Waals surface area contributed by atoms with Crippen LogP contribution in [0.4, 0.5) is 9.18 Å². The van der Waals surface area contributed by atoms with Crippen LogP contribution in [0.5, 0.6) is 0 Å². The van der Waals surface area contributed by atoms with Crippen molar-refractivity contribution in [2.75, 3.05) is 0 Å². The molecular weight excluding hydrogens is 336 g/mol. The first-order chi connectivity index (χ1) is 12.2. The van der Waals surface area contributed by atoms with Crippen molar-refractivity contribution in [2.45, 2.75) is 57.7 Å². The number of halogens is 1. The van der Waals surface area contributed by atoms with Crippen molar-refractivity contribution in [1.29, 1.82) is 0 Å². The predicted octanol–water partition coefficient (Wildman–Crippen LogP) is 3.27. The second kappa shape index (κ2) is 5.96. The van der Waals surface area contributed by atoms with Gasteiger partial charge in [0, 0.05) is 0 Å². The Bertz CT molecular complexity index is 712. The van der Waals surface area contributed by atoms with Gasteiger partial charge in [0.25, 0.3) is 0 Å². The summed E-state index contributed by atoms with van der Waals surface area (Å²) >= 11 is 0. The van der Waals surface area contributed by atoms with Crippen molar-refractivity contribution in [3.63, 3.8) is 0 Å². The first-order valence-electron chi connectivity index (χ1n) is 9.27. The van der Waals surface area contributed by atoms with E-state index in [-0.39, 0.29) is 22.9 Å². The molecule has 5 nitrogen and oxygen atoms in total. The molecule has 4 aliphatic rings. The lowest BCUT2D eigenvalue weighted by Crippen LogP contribution is -2.65. The zero-order valence-electron chi connectivity index (χ0n) is 15.4. The molecule has 0 radical (unpaired) electrons. The zero-order valence-corrected chi connectivity index (χ0v) is 15.4. The Balaban J connectivity index is 1.54. The number of carbonyl (C=O) groups is 1. The molecule has 1 aromatic rings. The number of carboxylic acid groups (broad SMARTS) is 1. The van der Waals surface area contributed by atoms with Gasteiger partial charge in [-0.05, 0) is 61.1 Å². The van der Waals surface area contributed by atoms with E-state index in [9.17, 15) is 14.3 Å². The van der Waals surface area contributed by atoms with Gasteiger partial charge < -0.3 is 19.7 Å². The second-order valence-corrected chi connectivity index (χ2v) is 8.72. The highest BCUT2D eigenvalue weighted by molar-refractivity contribution is 6.47. The Morgan fingerprint density at radius 2 is 2.04 bits per heavy atom. The van der Waals surface area contributed by atoms with E-state index in [2.05, 4.69) is 26.1 Å². The standard InChI is InChI=1S/C19H25BFNO4/c1-18(2)12-9-14(18)19(3)15(10-12)25-20(26-19)16(22-17(23)24)8-11-4-6-13(21)7-5-11/h4-7,12,14-16,22H,8-10H2,1-3H3,(H,23,24)/t12-,14-,15+,16-,19-/m0/s1. The minimum Gasteiger partial charge on any atom is -0.465 e. The summed E-state index contributed by atoms with van der Waals surface area (Å²) in [6.45, 7) is 6.68. The first-order valence-corrected chi connectivity index (χ1v) is 9.27. The maximum atomic E-state index is 13.1. The van der Waals surface area contributed by atoms with Crippen LogP contribution in [-0.4, -0.2) is 36.0 Å². The molecule has 26 heavy (non-hydrogen) atoms. The lowest BCUT2D eigenvalue weighted by Gasteiger charge is -2.64. The number of hydrogen-bond donors (Lipinski definition) is 2. The van der Waals surface area contributed by atoms with Crippen LogP contribution in [0.25, 0.3) is 0 Å². The molecule has 7 heteroatoms. The quantitative estimate of drug-likeness (QED) is 0.808. The average molecular weight is 361 g/mol. The summed E-state index contributed by atoms with van der Waals surface area (Å²) in [5.41, 5.74) is 0.683. The summed E-state index contributed by atoms with van der Waals surface area (Å²) in [5.74, 6) is 0.196. The van der Waals surface area contributed by atoms with E-state index in [1.54, 1.807) is 12.1 Å². The van der Waals surface area contributed by atoms with Gasteiger partial charge >= 0.3 is 13.2 Å². The molecule has 4 fully saturated rings. The average Bonchev–Trinajstić information content (AvgIpc) is 2.92. The van der Waals surface area contributed by atoms with Gasteiger partial charge in [0.05, 0.1) is 17.6 Å². The Morgan fingerprint density at radius 1 is 1.35 bits per heavy atom. The van der Waals surface area contributed by atoms with Gasteiger partial charge in [-0.15, -0.1) is 0 Å². The SMILES string of the molecule is CC1(C)[C@@H]2C[C@H]3OB([C@H](Cc4ccc(F)cc4)NC(=O)O)O[C@@]3(C)[C@H]1C2. The number of rotatable bonds is 4. The molecule has 3 aliphatic carbocycles. The summed E-state index contributed by atoms with van der Waals surface area (Å²) in [6.07, 6.45) is 1.36. The lowest BCUT2D eigenvalue weighted by molar-refractivity contribution is -0.199.